The summed E-state index contributed by atoms with van der Waals surface area (Å²) in [7, 11) is 0. The second-order valence-corrected chi connectivity index (χ2v) is 8.83. The number of anilines is 2. The topological polar surface area (TPSA) is 97.9 Å². The summed E-state index contributed by atoms with van der Waals surface area (Å²) in [4.78, 5) is 15.7. The van der Waals surface area contributed by atoms with Gasteiger partial charge in [-0.3, -0.25) is 4.99 Å². The number of halogens is 1. The lowest BCUT2D eigenvalue weighted by atomic mass is 10.1. The van der Waals surface area contributed by atoms with Crippen LogP contribution in [0.4, 0.5) is 16.0 Å². The molecule has 1 aromatic carbocycles. The Labute approximate surface area is 204 Å². The summed E-state index contributed by atoms with van der Waals surface area (Å²) in [5, 5.41) is 3.24. The van der Waals surface area contributed by atoms with E-state index in [0.717, 1.165) is 23.1 Å². The van der Waals surface area contributed by atoms with Crippen LogP contribution in [0.15, 0.2) is 52.6 Å². The summed E-state index contributed by atoms with van der Waals surface area (Å²) in [5.41, 5.74) is 9.56. The molecule has 1 atom stereocenters. The zero-order valence-electron chi connectivity index (χ0n) is 19.9. The highest BCUT2D eigenvalue weighted by atomic mass is 19.1. The number of benzene rings is 1. The first-order valence-electron chi connectivity index (χ1n) is 11.8. The van der Waals surface area contributed by atoms with E-state index >= 15 is 4.39 Å². The normalized spacial score (nSPS) is 19.5. The highest BCUT2D eigenvalue weighted by molar-refractivity contribution is 6.05. The van der Waals surface area contributed by atoms with Gasteiger partial charge >= 0.3 is 6.01 Å². The standard InChI is InChI=1S/C26H29FN6O2/c1-3-4-17-11-22(29-14-17)30-23-12-24(33-7-8-34-19(13-28)15-33)32-26(31-23)35-21-6-5-18-9-16(2)10-20(18)25(21)27/h3-6,10-12,19H,7-9,13-15,28H2,1-2H3,(H,29,30,31,32)/b4-3+. The summed E-state index contributed by atoms with van der Waals surface area (Å²) in [6.45, 7) is 6.76. The minimum atomic E-state index is -0.406. The Hall–Kier alpha value is -3.56. The Kier molecular flexibility index (Phi) is 6.61. The van der Waals surface area contributed by atoms with Crippen LogP contribution >= 0.6 is 0 Å². The number of aromatic nitrogens is 2. The molecule has 2 aromatic rings. The number of rotatable bonds is 6. The predicted molar refractivity (Wildman–Crippen MR) is 136 cm³/mol. The van der Waals surface area contributed by atoms with E-state index < -0.39 is 5.82 Å². The number of ether oxygens (including phenoxy) is 2. The third-order valence-corrected chi connectivity index (χ3v) is 6.10. The molecule has 8 nitrogen and oxygen atoms in total. The van der Waals surface area contributed by atoms with Crippen molar-refractivity contribution >= 4 is 23.5 Å². The first-order chi connectivity index (χ1) is 17.0. The molecule has 1 saturated heterocycles. The molecule has 1 fully saturated rings. The van der Waals surface area contributed by atoms with Gasteiger partial charge in [0, 0.05) is 31.3 Å². The predicted octanol–water partition coefficient (Wildman–Crippen LogP) is 3.86. The Balaban J connectivity index is 1.46. The summed E-state index contributed by atoms with van der Waals surface area (Å²) in [6.07, 6.45) is 8.48. The van der Waals surface area contributed by atoms with Crippen molar-refractivity contribution < 1.29 is 13.9 Å². The Morgan fingerprint density at radius 2 is 2.20 bits per heavy atom. The van der Waals surface area contributed by atoms with E-state index in [1.54, 1.807) is 6.07 Å². The van der Waals surface area contributed by atoms with Crippen LogP contribution in [0.3, 0.4) is 0 Å². The number of hydrogen-bond donors (Lipinski definition) is 2. The van der Waals surface area contributed by atoms with Gasteiger partial charge in [0.2, 0.25) is 0 Å². The number of fused-ring (bicyclic) bond motifs is 1. The van der Waals surface area contributed by atoms with E-state index in [1.807, 2.05) is 50.3 Å². The number of amidine groups is 1. The summed E-state index contributed by atoms with van der Waals surface area (Å²) >= 11 is 0. The smallest absolute Gasteiger partial charge is 0.326 e. The summed E-state index contributed by atoms with van der Waals surface area (Å²) in [6, 6.07) is 5.41. The van der Waals surface area contributed by atoms with Gasteiger partial charge < -0.3 is 25.4 Å². The molecule has 182 valence electrons. The number of hydrogen-bond acceptors (Lipinski definition) is 8. The third-order valence-electron chi connectivity index (χ3n) is 6.10. The van der Waals surface area contributed by atoms with Crippen molar-refractivity contribution in [2.75, 3.05) is 43.0 Å². The molecule has 0 saturated carbocycles. The lowest BCUT2D eigenvalue weighted by molar-refractivity contribution is 0.0462. The van der Waals surface area contributed by atoms with E-state index in [4.69, 9.17) is 15.2 Å². The maximum Gasteiger partial charge on any atom is 0.326 e. The van der Waals surface area contributed by atoms with Gasteiger partial charge in [-0.25, -0.2) is 4.39 Å². The highest BCUT2D eigenvalue weighted by Gasteiger charge is 2.23. The quantitative estimate of drug-likeness (QED) is 0.653. The molecule has 3 aliphatic rings. The number of aliphatic imine (C=N–C) groups is 1. The maximum absolute atomic E-state index is 15.2. The van der Waals surface area contributed by atoms with Crippen LogP contribution in [-0.4, -0.2) is 54.7 Å². The Morgan fingerprint density at radius 1 is 1.31 bits per heavy atom. The lowest BCUT2D eigenvalue weighted by Gasteiger charge is -2.33. The number of nitrogens with two attached hydrogens (primary N) is 1. The van der Waals surface area contributed by atoms with Crippen molar-refractivity contribution in [3.8, 4) is 11.8 Å². The first-order valence-corrected chi connectivity index (χ1v) is 11.8. The van der Waals surface area contributed by atoms with E-state index in [-0.39, 0.29) is 17.9 Å². The van der Waals surface area contributed by atoms with Gasteiger partial charge in [-0.2, -0.15) is 9.97 Å². The van der Waals surface area contributed by atoms with Gasteiger partial charge in [0.15, 0.2) is 11.6 Å². The first kappa shape index (κ1) is 23.2. The molecule has 3 N–H and O–H groups in total. The molecule has 3 heterocycles. The second-order valence-electron chi connectivity index (χ2n) is 8.83. The molecule has 0 spiro atoms. The highest BCUT2D eigenvalue weighted by Crippen LogP contribution is 2.34. The molecule has 0 bridgehead atoms. The van der Waals surface area contributed by atoms with Crippen LogP contribution < -0.4 is 20.7 Å². The fourth-order valence-electron chi connectivity index (χ4n) is 4.42. The van der Waals surface area contributed by atoms with E-state index in [1.165, 1.54) is 0 Å². The molecular formula is C26H29FN6O2. The van der Waals surface area contributed by atoms with Crippen LogP contribution in [0, 0.1) is 5.82 Å². The van der Waals surface area contributed by atoms with Gasteiger partial charge in [0.1, 0.15) is 17.5 Å². The zero-order chi connectivity index (χ0) is 24.4. The number of morpholine rings is 1. The zero-order valence-corrected chi connectivity index (χ0v) is 19.9. The van der Waals surface area contributed by atoms with Gasteiger partial charge in [-0.15, -0.1) is 0 Å². The van der Waals surface area contributed by atoms with E-state index in [0.29, 0.717) is 55.8 Å². The molecule has 1 aliphatic carbocycles. The Morgan fingerprint density at radius 3 is 3.03 bits per heavy atom. The van der Waals surface area contributed by atoms with Crippen molar-refractivity contribution in [3.63, 3.8) is 0 Å². The molecule has 2 aliphatic heterocycles. The molecule has 5 rings (SSSR count). The Bertz CT molecular complexity index is 1250. The third kappa shape index (κ3) is 5.11. The summed E-state index contributed by atoms with van der Waals surface area (Å²) in [5.74, 6) is 1.53. The van der Waals surface area contributed by atoms with Crippen LogP contribution in [-0.2, 0) is 11.2 Å². The number of nitrogens with one attached hydrogen (secondary N) is 1. The van der Waals surface area contributed by atoms with Gasteiger partial charge in [-0.1, -0.05) is 29.9 Å². The van der Waals surface area contributed by atoms with Crippen molar-refractivity contribution in [1.82, 2.24) is 9.97 Å². The summed E-state index contributed by atoms with van der Waals surface area (Å²) < 4.78 is 26.8. The van der Waals surface area contributed by atoms with Crippen molar-refractivity contribution in [2.45, 2.75) is 26.4 Å². The van der Waals surface area contributed by atoms with Crippen LogP contribution in [0.25, 0.3) is 6.08 Å². The van der Waals surface area contributed by atoms with Crippen molar-refractivity contribution in [2.24, 2.45) is 10.7 Å². The van der Waals surface area contributed by atoms with Gasteiger partial charge in [-0.05, 0) is 43.5 Å². The van der Waals surface area contributed by atoms with Crippen LogP contribution in [0.5, 0.6) is 11.8 Å². The average molecular weight is 477 g/mol. The minimum Gasteiger partial charge on any atom is -0.421 e. The second kappa shape index (κ2) is 9.97. The molecular weight excluding hydrogens is 447 g/mol. The molecule has 9 heteroatoms. The lowest BCUT2D eigenvalue weighted by Crippen LogP contribution is -2.46. The minimum absolute atomic E-state index is 0.0505. The van der Waals surface area contributed by atoms with Crippen molar-refractivity contribution in [1.29, 1.82) is 0 Å². The molecule has 0 radical (unpaired) electrons. The van der Waals surface area contributed by atoms with E-state index in [9.17, 15) is 0 Å². The van der Waals surface area contributed by atoms with Crippen molar-refractivity contribution in [3.05, 3.63) is 64.5 Å². The average Bonchev–Trinajstić information content (AvgIpc) is 3.47. The molecule has 35 heavy (non-hydrogen) atoms. The number of nitrogens with zero attached hydrogens (tertiary/aromatic N) is 4. The van der Waals surface area contributed by atoms with Crippen LogP contribution in [0.2, 0.25) is 0 Å². The SMILES string of the molecule is C/C=C/C1=CC(Nc2cc(N3CCOC(CN)C3)nc(Oc3ccc4c(c3F)C=C(C)C4)n2)=NC1. The van der Waals surface area contributed by atoms with Gasteiger partial charge in [0.05, 0.1) is 19.3 Å². The molecule has 1 aromatic heterocycles. The van der Waals surface area contributed by atoms with E-state index in [2.05, 4.69) is 25.2 Å². The largest absolute Gasteiger partial charge is 0.421 e. The van der Waals surface area contributed by atoms with Gasteiger partial charge in [0.25, 0.3) is 0 Å². The monoisotopic (exact) mass is 476 g/mol. The fraction of sp³-hybridized carbons (Fsp3) is 0.346. The van der Waals surface area contributed by atoms with Crippen LogP contribution in [0.1, 0.15) is 25.0 Å². The fourth-order valence-corrected chi connectivity index (χ4v) is 4.42. The molecule has 0 amide bonds. The molecule has 1 unspecified atom stereocenters. The maximum atomic E-state index is 15.2. The number of allylic oxidation sites excluding steroid dienone is 2.